The van der Waals surface area contributed by atoms with E-state index < -0.39 is 10.2 Å². The van der Waals surface area contributed by atoms with Gasteiger partial charge in [0.1, 0.15) is 5.82 Å². The van der Waals surface area contributed by atoms with E-state index in [1.165, 1.54) is 4.31 Å². The molecule has 0 aromatic carbocycles. The van der Waals surface area contributed by atoms with Gasteiger partial charge in [-0.3, -0.25) is 0 Å². The van der Waals surface area contributed by atoms with Crippen molar-refractivity contribution in [3.8, 4) is 0 Å². The summed E-state index contributed by atoms with van der Waals surface area (Å²) in [7, 11) is -3.44. The second-order valence-corrected chi connectivity index (χ2v) is 5.91. The molecular weight excluding hydrogens is 254 g/mol. The van der Waals surface area contributed by atoms with Gasteiger partial charge < -0.3 is 10.3 Å². The van der Waals surface area contributed by atoms with E-state index in [0.29, 0.717) is 38.4 Å². The van der Waals surface area contributed by atoms with E-state index in [1.54, 1.807) is 12.4 Å². The fraction of sp³-hybridized carbons (Fsp3) is 0.700. The topological polar surface area (TPSA) is 90.1 Å². The van der Waals surface area contributed by atoms with Crippen molar-refractivity contribution in [3.05, 3.63) is 18.2 Å². The van der Waals surface area contributed by atoms with Gasteiger partial charge in [-0.15, -0.1) is 0 Å². The lowest BCUT2D eigenvalue weighted by molar-refractivity contribution is 0.350. The third kappa shape index (κ3) is 3.08. The predicted octanol–water partition coefficient (Wildman–Crippen LogP) is -0.400. The Bertz CT molecular complexity index is 453. The van der Waals surface area contributed by atoms with Crippen LogP contribution in [0.1, 0.15) is 25.2 Å². The standard InChI is InChI=1S/C10H19N5O2S/c1-2-9(10-12-3-4-13-10)14-18(16,17)15-7-5-11-6-8-15/h3-4,9,11,14H,2,5-8H2,1H3,(H,12,13). The molecule has 0 amide bonds. The van der Waals surface area contributed by atoms with Crippen LogP contribution in [0.5, 0.6) is 0 Å². The molecule has 1 fully saturated rings. The zero-order chi connectivity index (χ0) is 13.0. The van der Waals surface area contributed by atoms with Crippen LogP contribution in [0.15, 0.2) is 12.4 Å². The van der Waals surface area contributed by atoms with Crippen molar-refractivity contribution in [1.82, 2.24) is 24.3 Å². The number of aromatic nitrogens is 2. The third-order valence-electron chi connectivity index (χ3n) is 2.96. The highest BCUT2D eigenvalue weighted by Crippen LogP contribution is 2.14. The number of hydrogen-bond acceptors (Lipinski definition) is 4. The Morgan fingerprint density at radius 1 is 1.50 bits per heavy atom. The Morgan fingerprint density at radius 3 is 2.78 bits per heavy atom. The molecule has 102 valence electrons. The Kier molecular flexibility index (Phi) is 4.33. The van der Waals surface area contributed by atoms with Gasteiger partial charge in [-0.2, -0.15) is 17.4 Å². The molecule has 2 rings (SSSR count). The van der Waals surface area contributed by atoms with Crippen LogP contribution in [0.4, 0.5) is 0 Å². The molecule has 7 nitrogen and oxygen atoms in total. The maximum atomic E-state index is 12.2. The highest BCUT2D eigenvalue weighted by Gasteiger charge is 2.27. The summed E-state index contributed by atoms with van der Waals surface area (Å²) in [5, 5.41) is 3.13. The van der Waals surface area contributed by atoms with Gasteiger partial charge in [0.15, 0.2) is 0 Å². The molecule has 0 spiro atoms. The first-order chi connectivity index (χ1) is 8.63. The van der Waals surface area contributed by atoms with E-state index in [2.05, 4.69) is 20.0 Å². The predicted molar refractivity (Wildman–Crippen MR) is 68.1 cm³/mol. The monoisotopic (exact) mass is 273 g/mol. The van der Waals surface area contributed by atoms with Gasteiger partial charge in [0.25, 0.3) is 10.2 Å². The highest BCUT2D eigenvalue weighted by molar-refractivity contribution is 7.87. The lowest BCUT2D eigenvalue weighted by atomic mass is 10.2. The average molecular weight is 273 g/mol. The number of rotatable bonds is 5. The number of nitrogens with zero attached hydrogens (tertiary/aromatic N) is 2. The molecule has 0 saturated carbocycles. The molecule has 1 unspecified atom stereocenters. The molecule has 18 heavy (non-hydrogen) atoms. The minimum atomic E-state index is -3.44. The van der Waals surface area contributed by atoms with E-state index in [0.717, 1.165) is 0 Å². The smallest absolute Gasteiger partial charge is 0.280 e. The van der Waals surface area contributed by atoms with E-state index in [-0.39, 0.29) is 6.04 Å². The van der Waals surface area contributed by atoms with Crippen LogP contribution in [0.3, 0.4) is 0 Å². The van der Waals surface area contributed by atoms with Gasteiger partial charge in [-0.25, -0.2) is 4.98 Å². The molecule has 8 heteroatoms. The van der Waals surface area contributed by atoms with Crippen LogP contribution in [0, 0.1) is 0 Å². The summed E-state index contributed by atoms with van der Waals surface area (Å²) in [6.45, 7) is 4.32. The van der Waals surface area contributed by atoms with Crippen LogP contribution >= 0.6 is 0 Å². The summed E-state index contributed by atoms with van der Waals surface area (Å²) in [4.78, 5) is 7.05. The zero-order valence-electron chi connectivity index (χ0n) is 10.4. The molecule has 0 aliphatic carbocycles. The molecule has 3 N–H and O–H groups in total. The van der Waals surface area contributed by atoms with Gasteiger partial charge in [0.2, 0.25) is 0 Å². The van der Waals surface area contributed by atoms with Crippen LogP contribution in [0.25, 0.3) is 0 Å². The van der Waals surface area contributed by atoms with Crippen LogP contribution in [0.2, 0.25) is 0 Å². The molecule has 1 aromatic rings. The van der Waals surface area contributed by atoms with Crippen molar-refractivity contribution in [3.63, 3.8) is 0 Å². The zero-order valence-corrected chi connectivity index (χ0v) is 11.2. The molecule has 1 aromatic heterocycles. The van der Waals surface area contributed by atoms with Crippen molar-refractivity contribution in [1.29, 1.82) is 0 Å². The summed E-state index contributed by atoms with van der Waals surface area (Å²) >= 11 is 0. The maximum Gasteiger partial charge on any atom is 0.280 e. The summed E-state index contributed by atoms with van der Waals surface area (Å²) in [6.07, 6.45) is 3.97. The van der Waals surface area contributed by atoms with Crippen molar-refractivity contribution >= 4 is 10.2 Å². The number of H-pyrrole nitrogens is 1. The van der Waals surface area contributed by atoms with E-state index in [4.69, 9.17) is 0 Å². The maximum absolute atomic E-state index is 12.2. The third-order valence-corrected chi connectivity index (χ3v) is 4.59. The first-order valence-corrected chi connectivity index (χ1v) is 7.55. The SMILES string of the molecule is CCC(NS(=O)(=O)N1CCNCC1)c1ncc[nH]1. The summed E-state index contributed by atoms with van der Waals surface area (Å²) in [5.41, 5.74) is 0. The van der Waals surface area contributed by atoms with E-state index >= 15 is 0 Å². The molecule has 1 atom stereocenters. The number of nitrogens with one attached hydrogen (secondary N) is 3. The van der Waals surface area contributed by atoms with Gasteiger partial charge in [-0.1, -0.05) is 6.92 Å². The second kappa shape index (κ2) is 5.79. The Balaban J connectivity index is 2.06. The Hall–Kier alpha value is -0.960. The summed E-state index contributed by atoms with van der Waals surface area (Å²) in [6, 6.07) is -0.306. The van der Waals surface area contributed by atoms with Gasteiger partial charge in [0.05, 0.1) is 6.04 Å². The van der Waals surface area contributed by atoms with Crippen molar-refractivity contribution in [2.45, 2.75) is 19.4 Å². The molecule has 1 aliphatic heterocycles. The quantitative estimate of drug-likeness (QED) is 0.681. The fourth-order valence-electron chi connectivity index (χ4n) is 1.94. The van der Waals surface area contributed by atoms with Gasteiger partial charge >= 0.3 is 0 Å². The molecular formula is C10H19N5O2S. The second-order valence-electron chi connectivity index (χ2n) is 4.21. The van der Waals surface area contributed by atoms with E-state index in [1.807, 2.05) is 6.92 Å². The summed E-state index contributed by atoms with van der Waals surface area (Å²) < 4.78 is 28.6. The molecule has 1 saturated heterocycles. The molecule has 0 bridgehead atoms. The van der Waals surface area contributed by atoms with Crippen LogP contribution < -0.4 is 10.0 Å². The first kappa shape index (κ1) is 13.5. The van der Waals surface area contributed by atoms with Crippen molar-refractivity contribution in [2.75, 3.05) is 26.2 Å². The number of hydrogen-bond donors (Lipinski definition) is 3. The molecule has 2 heterocycles. The first-order valence-electron chi connectivity index (χ1n) is 6.11. The van der Waals surface area contributed by atoms with Crippen molar-refractivity contribution in [2.24, 2.45) is 0 Å². The molecule has 1 aliphatic rings. The Morgan fingerprint density at radius 2 is 2.22 bits per heavy atom. The van der Waals surface area contributed by atoms with Crippen LogP contribution in [-0.4, -0.2) is 48.9 Å². The van der Waals surface area contributed by atoms with E-state index in [9.17, 15) is 8.42 Å². The normalized spacial score (nSPS) is 19.8. The number of piperazine rings is 1. The largest absolute Gasteiger partial charge is 0.347 e. The van der Waals surface area contributed by atoms with Crippen LogP contribution in [-0.2, 0) is 10.2 Å². The minimum absolute atomic E-state index is 0.306. The number of aromatic amines is 1. The van der Waals surface area contributed by atoms with Gasteiger partial charge in [0, 0.05) is 38.6 Å². The highest BCUT2D eigenvalue weighted by atomic mass is 32.2. The minimum Gasteiger partial charge on any atom is -0.347 e. The lowest BCUT2D eigenvalue weighted by Gasteiger charge is -2.28. The Labute approximate surface area is 107 Å². The van der Waals surface area contributed by atoms with Crippen molar-refractivity contribution < 1.29 is 8.42 Å². The molecule has 0 radical (unpaired) electrons. The van der Waals surface area contributed by atoms with Gasteiger partial charge in [-0.05, 0) is 6.42 Å². The lowest BCUT2D eigenvalue weighted by Crippen LogP contribution is -2.51. The average Bonchev–Trinajstić information content (AvgIpc) is 2.91. The summed E-state index contributed by atoms with van der Waals surface area (Å²) in [5.74, 6) is 0.649. The number of imidazole rings is 1. The fourth-order valence-corrected chi connectivity index (χ4v) is 3.39.